The molecule has 1 heterocycles. The summed E-state index contributed by atoms with van der Waals surface area (Å²) in [6, 6.07) is 18.9. The van der Waals surface area contributed by atoms with Crippen LogP contribution in [0.25, 0.3) is 0 Å². The van der Waals surface area contributed by atoms with Crippen LogP contribution in [0, 0.1) is 6.92 Å². The van der Waals surface area contributed by atoms with E-state index in [2.05, 4.69) is 5.32 Å². The van der Waals surface area contributed by atoms with Crippen LogP contribution in [0.3, 0.4) is 0 Å². The van der Waals surface area contributed by atoms with Crippen LogP contribution in [0.15, 0.2) is 72.8 Å². The summed E-state index contributed by atoms with van der Waals surface area (Å²) in [6.07, 6.45) is -3.71. The molecule has 8 heteroatoms. The van der Waals surface area contributed by atoms with Crippen molar-refractivity contribution in [3.05, 3.63) is 95.1 Å². The summed E-state index contributed by atoms with van der Waals surface area (Å²) in [7, 11) is 0. The van der Waals surface area contributed by atoms with Crippen molar-refractivity contribution in [2.24, 2.45) is 0 Å². The summed E-state index contributed by atoms with van der Waals surface area (Å²) in [5.74, 6) is -0.279. The maximum atomic E-state index is 13.3. The lowest BCUT2D eigenvalue weighted by atomic mass is 10.1. The number of aryl methyl sites for hydroxylation is 1. The van der Waals surface area contributed by atoms with Gasteiger partial charge in [-0.2, -0.15) is 13.2 Å². The minimum absolute atomic E-state index is 0.199. The monoisotopic (exact) mass is 467 g/mol. The molecule has 176 valence electrons. The Bertz CT molecular complexity index is 1180. The third kappa shape index (κ3) is 5.22. The number of halogens is 3. The number of alkyl halides is 3. The zero-order valence-electron chi connectivity index (χ0n) is 18.6. The quantitative estimate of drug-likeness (QED) is 0.493. The lowest BCUT2D eigenvalue weighted by Gasteiger charge is -2.36. The molecule has 3 aromatic carbocycles. The molecule has 3 amide bonds. The van der Waals surface area contributed by atoms with E-state index in [1.807, 2.05) is 25.1 Å². The fraction of sp³-hybridized carbons (Fsp3) is 0.231. The molecule has 4 rings (SSSR count). The summed E-state index contributed by atoms with van der Waals surface area (Å²) in [6.45, 7) is 3.06. The predicted molar refractivity (Wildman–Crippen MR) is 125 cm³/mol. The fourth-order valence-electron chi connectivity index (χ4n) is 3.94. The van der Waals surface area contributed by atoms with Gasteiger partial charge in [0, 0.05) is 25.2 Å². The molecule has 34 heavy (non-hydrogen) atoms. The molecule has 3 aromatic rings. The van der Waals surface area contributed by atoms with Crippen molar-refractivity contribution in [1.82, 2.24) is 4.90 Å². The van der Waals surface area contributed by atoms with E-state index >= 15 is 0 Å². The SMILES string of the molecule is Cc1ccc(N2CCCN(Cc3ccc(C(F)(F)F)cc3)C2=O)c(NC(=O)c2ccccc2)c1. The van der Waals surface area contributed by atoms with E-state index in [-0.39, 0.29) is 18.5 Å². The Morgan fingerprint density at radius 1 is 0.971 bits per heavy atom. The molecular weight excluding hydrogens is 443 g/mol. The number of carbonyl (C=O) groups is 2. The molecule has 1 N–H and O–H groups in total. The van der Waals surface area contributed by atoms with Gasteiger partial charge < -0.3 is 10.2 Å². The molecule has 0 spiro atoms. The molecule has 1 aliphatic heterocycles. The molecule has 0 bridgehead atoms. The normalized spacial score (nSPS) is 14.3. The van der Waals surface area contributed by atoms with Gasteiger partial charge in [0.2, 0.25) is 0 Å². The maximum Gasteiger partial charge on any atom is 0.416 e. The first kappa shape index (κ1) is 23.4. The summed E-state index contributed by atoms with van der Waals surface area (Å²) in [4.78, 5) is 29.3. The first-order valence-corrected chi connectivity index (χ1v) is 10.9. The van der Waals surface area contributed by atoms with Crippen LogP contribution in [0.1, 0.15) is 33.5 Å². The Kier molecular flexibility index (Phi) is 6.58. The summed E-state index contributed by atoms with van der Waals surface area (Å²) in [5, 5.41) is 2.91. The van der Waals surface area contributed by atoms with Crippen LogP contribution in [0.5, 0.6) is 0 Å². The van der Waals surface area contributed by atoms with Gasteiger partial charge in [-0.05, 0) is 60.9 Å². The molecule has 0 unspecified atom stereocenters. The lowest BCUT2D eigenvalue weighted by Crippen LogP contribution is -2.49. The van der Waals surface area contributed by atoms with Crippen LogP contribution < -0.4 is 10.2 Å². The molecule has 0 atom stereocenters. The molecule has 1 fully saturated rings. The molecule has 5 nitrogen and oxygen atoms in total. The average Bonchev–Trinajstić information content (AvgIpc) is 2.81. The van der Waals surface area contributed by atoms with E-state index in [0.29, 0.717) is 42.0 Å². The molecule has 0 radical (unpaired) electrons. The van der Waals surface area contributed by atoms with E-state index in [1.165, 1.54) is 12.1 Å². The maximum absolute atomic E-state index is 13.3. The van der Waals surface area contributed by atoms with Gasteiger partial charge in [-0.3, -0.25) is 9.69 Å². The van der Waals surface area contributed by atoms with Gasteiger partial charge in [-0.1, -0.05) is 36.4 Å². The van der Waals surface area contributed by atoms with E-state index in [1.54, 1.807) is 40.1 Å². The van der Waals surface area contributed by atoms with Crippen molar-refractivity contribution >= 4 is 23.3 Å². The van der Waals surface area contributed by atoms with Crippen molar-refractivity contribution in [3.8, 4) is 0 Å². The van der Waals surface area contributed by atoms with Gasteiger partial charge in [-0.15, -0.1) is 0 Å². The first-order chi connectivity index (χ1) is 16.2. The minimum Gasteiger partial charge on any atom is -0.320 e. The Balaban J connectivity index is 1.54. The Morgan fingerprint density at radius 3 is 2.35 bits per heavy atom. The average molecular weight is 467 g/mol. The fourth-order valence-corrected chi connectivity index (χ4v) is 3.94. The van der Waals surface area contributed by atoms with Gasteiger partial charge in [0.25, 0.3) is 5.91 Å². The molecule has 1 saturated heterocycles. The van der Waals surface area contributed by atoms with E-state index in [4.69, 9.17) is 0 Å². The smallest absolute Gasteiger partial charge is 0.320 e. The van der Waals surface area contributed by atoms with Crippen molar-refractivity contribution in [1.29, 1.82) is 0 Å². The van der Waals surface area contributed by atoms with Crippen molar-refractivity contribution in [2.75, 3.05) is 23.3 Å². The Labute approximate surface area is 195 Å². The number of urea groups is 1. The van der Waals surface area contributed by atoms with Crippen LogP contribution in [0.4, 0.5) is 29.3 Å². The number of nitrogens with one attached hydrogen (secondary N) is 1. The van der Waals surface area contributed by atoms with Gasteiger partial charge in [-0.25, -0.2) is 4.79 Å². The number of amides is 3. The zero-order valence-corrected chi connectivity index (χ0v) is 18.6. The standard InChI is InChI=1S/C26H24F3N3O2/c1-18-8-13-23(22(16-18)30-24(33)20-6-3-2-4-7-20)32-15-5-14-31(25(32)34)17-19-9-11-21(12-10-19)26(27,28)29/h2-4,6-13,16H,5,14-15,17H2,1H3,(H,30,33). The number of hydrogen-bond acceptors (Lipinski definition) is 2. The topological polar surface area (TPSA) is 52.6 Å². The number of carbonyl (C=O) groups excluding carboxylic acids is 2. The van der Waals surface area contributed by atoms with Crippen molar-refractivity contribution < 1.29 is 22.8 Å². The van der Waals surface area contributed by atoms with Crippen LogP contribution in [-0.4, -0.2) is 29.9 Å². The number of hydrogen-bond donors (Lipinski definition) is 1. The van der Waals surface area contributed by atoms with Gasteiger partial charge >= 0.3 is 12.2 Å². The number of anilines is 2. The summed E-state index contributed by atoms with van der Waals surface area (Å²) >= 11 is 0. The van der Waals surface area contributed by atoms with Crippen LogP contribution >= 0.6 is 0 Å². The van der Waals surface area contributed by atoms with Crippen molar-refractivity contribution in [3.63, 3.8) is 0 Å². The second-order valence-corrected chi connectivity index (χ2v) is 8.24. The highest BCUT2D eigenvalue weighted by atomic mass is 19.4. The Hall–Kier alpha value is -3.81. The van der Waals surface area contributed by atoms with Crippen LogP contribution in [0.2, 0.25) is 0 Å². The number of nitrogens with zero attached hydrogens (tertiary/aromatic N) is 2. The van der Waals surface area contributed by atoms with Crippen molar-refractivity contribution in [2.45, 2.75) is 26.1 Å². The van der Waals surface area contributed by atoms with E-state index in [0.717, 1.165) is 17.7 Å². The summed E-state index contributed by atoms with van der Waals surface area (Å²) in [5.41, 5.74) is 2.43. The van der Waals surface area contributed by atoms with E-state index < -0.39 is 11.7 Å². The molecular formula is C26H24F3N3O2. The zero-order chi connectivity index (χ0) is 24.3. The third-order valence-corrected chi connectivity index (χ3v) is 5.69. The van der Waals surface area contributed by atoms with Gasteiger partial charge in [0.1, 0.15) is 0 Å². The highest BCUT2D eigenvalue weighted by Gasteiger charge is 2.31. The second-order valence-electron chi connectivity index (χ2n) is 8.24. The van der Waals surface area contributed by atoms with Gasteiger partial charge in [0.05, 0.1) is 16.9 Å². The third-order valence-electron chi connectivity index (χ3n) is 5.69. The number of benzene rings is 3. The highest BCUT2D eigenvalue weighted by Crippen LogP contribution is 2.32. The molecule has 1 aliphatic rings. The van der Waals surface area contributed by atoms with Gasteiger partial charge in [0.15, 0.2) is 0 Å². The molecule has 0 aliphatic carbocycles. The number of rotatable bonds is 5. The predicted octanol–water partition coefficient (Wildman–Crippen LogP) is 6.10. The highest BCUT2D eigenvalue weighted by molar-refractivity contribution is 6.07. The minimum atomic E-state index is -4.40. The van der Waals surface area contributed by atoms with Crippen LogP contribution in [-0.2, 0) is 12.7 Å². The Morgan fingerprint density at radius 2 is 1.68 bits per heavy atom. The largest absolute Gasteiger partial charge is 0.416 e. The van der Waals surface area contributed by atoms with E-state index in [9.17, 15) is 22.8 Å². The molecule has 0 aromatic heterocycles. The molecule has 0 saturated carbocycles. The first-order valence-electron chi connectivity index (χ1n) is 10.9. The lowest BCUT2D eigenvalue weighted by molar-refractivity contribution is -0.137. The second kappa shape index (κ2) is 9.59. The summed E-state index contributed by atoms with van der Waals surface area (Å²) < 4.78 is 38.5.